The number of hydrogen-bond donors (Lipinski definition) is 1. The van der Waals surface area contributed by atoms with Crippen LogP contribution >= 0.6 is 0 Å². The standard InChI is InChI=1S/C9H19FN2/c1-8(11-2)7-12-5-3-9(10)4-6-12/h8-9,11H,3-7H2,1-2H3. The lowest BCUT2D eigenvalue weighted by molar-refractivity contribution is 0.143. The van der Waals surface area contributed by atoms with Crippen LogP contribution in [0, 0.1) is 0 Å². The molecule has 1 aliphatic rings. The second kappa shape index (κ2) is 4.77. The predicted octanol–water partition coefficient (Wildman–Crippen LogP) is 1.03. The minimum absolute atomic E-state index is 0.515. The Kier molecular flexibility index (Phi) is 3.95. The van der Waals surface area contributed by atoms with Crippen molar-refractivity contribution < 1.29 is 4.39 Å². The molecular weight excluding hydrogens is 155 g/mol. The van der Waals surface area contributed by atoms with Gasteiger partial charge in [0.25, 0.3) is 0 Å². The number of likely N-dealkylation sites (N-methyl/N-ethyl adjacent to an activating group) is 1. The van der Waals surface area contributed by atoms with Crippen molar-refractivity contribution >= 4 is 0 Å². The molecule has 0 amide bonds. The molecule has 1 unspecified atom stereocenters. The van der Waals surface area contributed by atoms with Gasteiger partial charge in [-0.3, -0.25) is 0 Å². The molecule has 0 spiro atoms. The molecule has 1 saturated heterocycles. The average molecular weight is 174 g/mol. The van der Waals surface area contributed by atoms with Gasteiger partial charge < -0.3 is 10.2 Å². The van der Waals surface area contributed by atoms with E-state index < -0.39 is 6.17 Å². The normalized spacial score (nSPS) is 24.2. The summed E-state index contributed by atoms with van der Waals surface area (Å²) in [7, 11) is 1.96. The predicted molar refractivity (Wildman–Crippen MR) is 49.1 cm³/mol. The molecule has 1 fully saturated rings. The van der Waals surface area contributed by atoms with Crippen molar-refractivity contribution in [3.63, 3.8) is 0 Å². The molecule has 3 heteroatoms. The molecule has 0 saturated carbocycles. The first-order chi connectivity index (χ1) is 5.72. The highest BCUT2D eigenvalue weighted by atomic mass is 19.1. The lowest BCUT2D eigenvalue weighted by Crippen LogP contribution is -2.42. The van der Waals surface area contributed by atoms with Crippen molar-refractivity contribution in [2.75, 3.05) is 26.7 Å². The third-order valence-electron chi connectivity index (χ3n) is 2.54. The summed E-state index contributed by atoms with van der Waals surface area (Å²) < 4.78 is 12.7. The van der Waals surface area contributed by atoms with Crippen LogP contribution in [0.2, 0.25) is 0 Å². The fourth-order valence-electron chi connectivity index (χ4n) is 1.56. The van der Waals surface area contributed by atoms with Gasteiger partial charge in [-0.05, 0) is 26.8 Å². The minimum Gasteiger partial charge on any atom is -0.316 e. The number of nitrogens with one attached hydrogen (secondary N) is 1. The van der Waals surface area contributed by atoms with Crippen LogP contribution in [0.25, 0.3) is 0 Å². The Labute approximate surface area is 74.1 Å². The number of nitrogens with zero attached hydrogens (tertiary/aromatic N) is 1. The van der Waals surface area contributed by atoms with Crippen LogP contribution in [-0.4, -0.2) is 43.8 Å². The van der Waals surface area contributed by atoms with E-state index in [1.165, 1.54) is 0 Å². The molecule has 1 rings (SSSR count). The summed E-state index contributed by atoms with van der Waals surface area (Å²) in [6.45, 7) is 5.05. The van der Waals surface area contributed by atoms with Crippen LogP contribution in [0.5, 0.6) is 0 Å². The number of alkyl halides is 1. The number of hydrogen-bond acceptors (Lipinski definition) is 2. The van der Waals surface area contributed by atoms with Crippen molar-refractivity contribution in [2.24, 2.45) is 0 Å². The fraction of sp³-hybridized carbons (Fsp3) is 1.00. The zero-order valence-electron chi connectivity index (χ0n) is 8.02. The van der Waals surface area contributed by atoms with Gasteiger partial charge in [0, 0.05) is 25.7 Å². The van der Waals surface area contributed by atoms with E-state index in [1.807, 2.05) is 7.05 Å². The van der Waals surface area contributed by atoms with Crippen molar-refractivity contribution in [2.45, 2.75) is 32.0 Å². The maximum atomic E-state index is 12.7. The first-order valence-electron chi connectivity index (χ1n) is 4.76. The Morgan fingerprint density at radius 2 is 2.08 bits per heavy atom. The highest BCUT2D eigenvalue weighted by molar-refractivity contribution is 4.74. The molecule has 1 N–H and O–H groups in total. The smallest absolute Gasteiger partial charge is 0.103 e. The topological polar surface area (TPSA) is 15.3 Å². The second-order valence-electron chi connectivity index (χ2n) is 3.66. The van der Waals surface area contributed by atoms with Crippen molar-refractivity contribution in [3.8, 4) is 0 Å². The van der Waals surface area contributed by atoms with Crippen LogP contribution < -0.4 is 5.32 Å². The van der Waals surface area contributed by atoms with Gasteiger partial charge in [-0.15, -0.1) is 0 Å². The highest BCUT2D eigenvalue weighted by Crippen LogP contribution is 2.12. The van der Waals surface area contributed by atoms with Gasteiger partial charge in [-0.2, -0.15) is 0 Å². The summed E-state index contributed by atoms with van der Waals surface area (Å²) in [4.78, 5) is 2.33. The molecule has 0 bridgehead atoms. The van der Waals surface area contributed by atoms with Crippen LogP contribution in [0.4, 0.5) is 4.39 Å². The van der Waals surface area contributed by atoms with Gasteiger partial charge in [-0.1, -0.05) is 0 Å². The second-order valence-corrected chi connectivity index (χ2v) is 3.66. The molecule has 72 valence electrons. The molecule has 12 heavy (non-hydrogen) atoms. The van der Waals surface area contributed by atoms with Gasteiger partial charge in [0.15, 0.2) is 0 Å². The monoisotopic (exact) mass is 174 g/mol. The molecule has 0 aromatic carbocycles. The quantitative estimate of drug-likeness (QED) is 0.687. The van der Waals surface area contributed by atoms with Crippen molar-refractivity contribution in [1.29, 1.82) is 0 Å². The lowest BCUT2D eigenvalue weighted by atomic mass is 10.1. The van der Waals surface area contributed by atoms with Gasteiger partial charge in [0.2, 0.25) is 0 Å². The van der Waals surface area contributed by atoms with Crippen molar-refractivity contribution in [3.05, 3.63) is 0 Å². The molecule has 1 heterocycles. The number of likely N-dealkylation sites (tertiary alicyclic amines) is 1. The van der Waals surface area contributed by atoms with E-state index in [0.717, 1.165) is 32.5 Å². The summed E-state index contributed by atoms with van der Waals surface area (Å²) in [5.74, 6) is 0. The molecule has 1 atom stereocenters. The Hall–Kier alpha value is -0.150. The van der Waals surface area contributed by atoms with Crippen LogP contribution in [-0.2, 0) is 0 Å². The van der Waals surface area contributed by atoms with E-state index >= 15 is 0 Å². The van der Waals surface area contributed by atoms with E-state index in [4.69, 9.17) is 0 Å². The van der Waals surface area contributed by atoms with Crippen LogP contribution in [0.1, 0.15) is 19.8 Å². The summed E-state index contributed by atoms with van der Waals surface area (Å²) in [6.07, 6.45) is 0.888. The Bertz CT molecular complexity index is 122. The van der Waals surface area contributed by atoms with Gasteiger partial charge >= 0.3 is 0 Å². The highest BCUT2D eigenvalue weighted by Gasteiger charge is 2.18. The summed E-state index contributed by atoms with van der Waals surface area (Å²) in [5.41, 5.74) is 0. The largest absolute Gasteiger partial charge is 0.316 e. The first-order valence-corrected chi connectivity index (χ1v) is 4.76. The first kappa shape index (κ1) is 9.93. The van der Waals surface area contributed by atoms with E-state index in [2.05, 4.69) is 17.1 Å². The number of halogens is 1. The molecule has 2 nitrogen and oxygen atoms in total. The van der Waals surface area contributed by atoms with Crippen molar-refractivity contribution in [1.82, 2.24) is 10.2 Å². The molecule has 0 aromatic rings. The Balaban J connectivity index is 2.17. The van der Waals surface area contributed by atoms with Crippen LogP contribution in [0.3, 0.4) is 0 Å². The van der Waals surface area contributed by atoms with Crippen LogP contribution in [0.15, 0.2) is 0 Å². The van der Waals surface area contributed by atoms with E-state index in [0.29, 0.717) is 6.04 Å². The van der Waals surface area contributed by atoms with Gasteiger partial charge in [0.1, 0.15) is 6.17 Å². The molecule has 0 aliphatic carbocycles. The third-order valence-corrected chi connectivity index (χ3v) is 2.54. The van der Waals surface area contributed by atoms with Gasteiger partial charge in [-0.25, -0.2) is 4.39 Å². The average Bonchev–Trinajstić information content (AvgIpc) is 2.09. The Morgan fingerprint density at radius 3 is 2.58 bits per heavy atom. The maximum Gasteiger partial charge on any atom is 0.103 e. The summed E-state index contributed by atoms with van der Waals surface area (Å²) >= 11 is 0. The number of rotatable bonds is 3. The van der Waals surface area contributed by atoms with E-state index in [-0.39, 0.29) is 0 Å². The molecule has 1 aliphatic heterocycles. The zero-order valence-corrected chi connectivity index (χ0v) is 8.02. The summed E-state index contributed by atoms with van der Waals surface area (Å²) in [5, 5.41) is 3.19. The SMILES string of the molecule is CNC(C)CN1CCC(F)CC1. The van der Waals surface area contributed by atoms with Gasteiger partial charge in [0.05, 0.1) is 0 Å². The minimum atomic E-state index is -0.550. The number of piperidine rings is 1. The van der Waals surface area contributed by atoms with E-state index in [9.17, 15) is 4.39 Å². The zero-order chi connectivity index (χ0) is 8.97. The fourth-order valence-corrected chi connectivity index (χ4v) is 1.56. The third kappa shape index (κ3) is 3.07. The summed E-state index contributed by atoms with van der Waals surface area (Å²) in [6, 6.07) is 0.515. The lowest BCUT2D eigenvalue weighted by Gasteiger charge is -2.30. The maximum absolute atomic E-state index is 12.7. The molecular formula is C9H19FN2. The molecule has 0 aromatic heterocycles. The molecule has 0 radical (unpaired) electrons. The Morgan fingerprint density at radius 1 is 1.50 bits per heavy atom. The van der Waals surface area contributed by atoms with E-state index in [1.54, 1.807) is 0 Å².